The SMILES string of the molecule is Cc1ccc(/C=C/C=C/CN2CCN(Cc3ccc4c(N)ncnc4c3)C(=O)C2)s1. The number of piperazine rings is 1. The van der Waals surface area contributed by atoms with E-state index in [1.807, 2.05) is 23.1 Å². The van der Waals surface area contributed by atoms with Crippen LogP contribution in [0, 0.1) is 6.92 Å². The van der Waals surface area contributed by atoms with E-state index in [1.54, 1.807) is 11.3 Å². The third kappa shape index (κ3) is 4.93. The van der Waals surface area contributed by atoms with Gasteiger partial charge in [-0.15, -0.1) is 11.3 Å². The molecule has 0 saturated carbocycles. The summed E-state index contributed by atoms with van der Waals surface area (Å²) in [7, 11) is 0. The molecule has 0 aliphatic carbocycles. The van der Waals surface area contributed by atoms with Crippen molar-refractivity contribution >= 4 is 40.0 Å². The van der Waals surface area contributed by atoms with E-state index in [1.165, 1.54) is 16.1 Å². The van der Waals surface area contributed by atoms with Gasteiger partial charge in [-0.3, -0.25) is 9.69 Å². The third-order valence-corrected chi connectivity index (χ3v) is 6.10. The average molecular weight is 420 g/mol. The maximum Gasteiger partial charge on any atom is 0.237 e. The molecule has 0 bridgehead atoms. The second-order valence-electron chi connectivity index (χ2n) is 7.40. The molecule has 1 aliphatic heterocycles. The largest absolute Gasteiger partial charge is 0.383 e. The molecule has 0 atom stereocenters. The monoisotopic (exact) mass is 419 g/mol. The number of hydrogen-bond acceptors (Lipinski definition) is 6. The molecule has 1 amide bonds. The van der Waals surface area contributed by atoms with Gasteiger partial charge in [-0.2, -0.15) is 0 Å². The number of aromatic nitrogens is 2. The summed E-state index contributed by atoms with van der Waals surface area (Å²) in [6.45, 7) is 5.51. The van der Waals surface area contributed by atoms with Crippen LogP contribution in [-0.4, -0.2) is 51.9 Å². The van der Waals surface area contributed by atoms with Crippen molar-refractivity contribution in [3.05, 3.63) is 70.2 Å². The zero-order chi connectivity index (χ0) is 20.9. The van der Waals surface area contributed by atoms with Gasteiger partial charge in [-0.05, 0) is 42.8 Å². The Hall–Kier alpha value is -3.03. The smallest absolute Gasteiger partial charge is 0.237 e. The minimum atomic E-state index is 0.154. The van der Waals surface area contributed by atoms with Crippen LogP contribution in [0.4, 0.5) is 5.82 Å². The Morgan fingerprint density at radius 1 is 1.17 bits per heavy atom. The lowest BCUT2D eigenvalue weighted by atomic mass is 10.1. The van der Waals surface area contributed by atoms with E-state index in [4.69, 9.17) is 5.73 Å². The summed E-state index contributed by atoms with van der Waals surface area (Å²) in [5, 5.41) is 0.840. The molecule has 7 heteroatoms. The third-order valence-electron chi connectivity index (χ3n) is 5.14. The number of rotatable bonds is 6. The predicted octanol–water partition coefficient (Wildman–Crippen LogP) is 3.50. The van der Waals surface area contributed by atoms with Gasteiger partial charge in [0.1, 0.15) is 12.1 Å². The first-order chi connectivity index (χ1) is 14.6. The summed E-state index contributed by atoms with van der Waals surface area (Å²) in [6.07, 6.45) is 9.79. The molecule has 30 heavy (non-hydrogen) atoms. The number of hydrogen-bond donors (Lipinski definition) is 1. The van der Waals surface area contributed by atoms with Gasteiger partial charge in [0, 0.05) is 41.3 Å². The summed E-state index contributed by atoms with van der Waals surface area (Å²) in [6, 6.07) is 10.2. The Morgan fingerprint density at radius 2 is 2.07 bits per heavy atom. The van der Waals surface area contributed by atoms with Crippen LogP contribution in [0.25, 0.3) is 17.0 Å². The fraction of sp³-hybridized carbons (Fsp3) is 0.261. The van der Waals surface area contributed by atoms with Gasteiger partial charge in [0.05, 0.1) is 12.1 Å². The molecule has 6 nitrogen and oxygen atoms in total. The summed E-state index contributed by atoms with van der Waals surface area (Å²) in [5.41, 5.74) is 7.75. The molecular formula is C23H25N5OS. The molecule has 4 rings (SSSR count). The van der Waals surface area contributed by atoms with Gasteiger partial charge in [0.2, 0.25) is 5.91 Å². The summed E-state index contributed by atoms with van der Waals surface area (Å²) in [4.78, 5) is 27.5. The number of benzene rings is 1. The van der Waals surface area contributed by atoms with E-state index >= 15 is 0 Å². The van der Waals surface area contributed by atoms with Crippen LogP contribution in [0.3, 0.4) is 0 Å². The van der Waals surface area contributed by atoms with Crippen LogP contribution >= 0.6 is 11.3 Å². The Balaban J connectivity index is 1.28. The van der Waals surface area contributed by atoms with Crippen molar-refractivity contribution in [1.29, 1.82) is 0 Å². The number of thiophene rings is 1. The van der Waals surface area contributed by atoms with Crippen LogP contribution in [0.5, 0.6) is 0 Å². The van der Waals surface area contributed by atoms with E-state index < -0.39 is 0 Å². The highest BCUT2D eigenvalue weighted by atomic mass is 32.1. The number of fused-ring (bicyclic) bond motifs is 1. The quantitative estimate of drug-likeness (QED) is 0.619. The summed E-state index contributed by atoms with van der Waals surface area (Å²) < 4.78 is 0. The van der Waals surface area contributed by atoms with E-state index in [-0.39, 0.29) is 5.91 Å². The van der Waals surface area contributed by atoms with E-state index in [0.717, 1.165) is 36.1 Å². The minimum Gasteiger partial charge on any atom is -0.383 e. The first kappa shape index (κ1) is 20.3. The van der Waals surface area contributed by atoms with Gasteiger partial charge in [-0.25, -0.2) is 9.97 Å². The maximum absolute atomic E-state index is 12.6. The Labute approximate surface area is 180 Å². The first-order valence-electron chi connectivity index (χ1n) is 9.97. The second kappa shape index (κ2) is 9.19. The van der Waals surface area contributed by atoms with E-state index in [2.05, 4.69) is 58.2 Å². The Bertz CT molecular complexity index is 1100. The van der Waals surface area contributed by atoms with Crippen molar-refractivity contribution < 1.29 is 4.79 Å². The number of anilines is 1. The summed E-state index contributed by atoms with van der Waals surface area (Å²) >= 11 is 1.78. The van der Waals surface area contributed by atoms with Crippen LogP contribution < -0.4 is 5.73 Å². The topological polar surface area (TPSA) is 75.3 Å². The average Bonchev–Trinajstić information content (AvgIpc) is 3.15. The minimum absolute atomic E-state index is 0.154. The predicted molar refractivity (Wildman–Crippen MR) is 123 cm³/mol. The van der Waals surface area contributed by atoms with Crippen molar-refractivity contribution in [3.8, 4) is 0 Å². The van der Waals surface area contributed by atoms with Crippen LogP contribution in [-0.2, 0) is 11.3 Å². The molecule has 0 unspecified atom stereocenters. The molecule has 1 aromatic carbocycles. The normalized spacial score (nSPS) is 15.8. The highest BCUT2D eigenvalue weighted by Gasteiger charge is 2.23. The molecule has 0 radical (unpaired) electrons. The first-order valence-corrected chi connectivity index (χ1v) is 10.8. The Kier molecular flexibility index (Phi) is 6.21. The molecule has 2 aromatic heterocycles. The number of amides is 1. The molecule has 3 aromatic rings. The number of nitrogens with zero attached hydrogens (tertiary/aromatic N) is 4. The lowest BCUT2D eigenvalue weighted by Crippen LogP contribution is -2.49. The number of nitrogens with two attached hydrogens (primary N) is 1. The number of carbonyl (C=O) groups is 1. The van der Waals surface area contributed by atoms with Crippen molar-refractivity contribution in [2.24, 2.45) is 0 Å². The summed E-state index contributed by atoms with van der Waals surface area (Å²) in [5.74, 6) is 0.631. The number of carbonyl (C=O) groups excluding carboxylic acids is 1. The van der Waals surface area contributed by atoms with E-state index in [0.29, 0.717) is 18.9 Å². The number of allylic oxidation sites excluding steroid dienone is 2. The Morgan fingerprint density at radius 3 is 2.87 bits per heavy atom. The zero-order valence-electron chi connectivity index (χ0n) is 17.0. The molecule has 154 valence electrons. The lowest BCUT2D eigenvalue weighted by molar-refractivity contribution is -0.136. The van der Waals surface area contributed by atoms with Crippen LogP contribution in [0.2, 0.25) is 0 Å². The van der Waals surface area contributed by atoms with Crippen LogP contribution in [0.15, 0.2) is 54.9 Å². The van der Waals surface area contributed by atoms with Gasteiger partial charge < -0.3 is 10.6 Å². The zero-order valence-corrected chi connectivity index (χ0v) is 17.8. The molecule has 3 heterocycles. The van der Waals surface area contributed by atoms with Gasteiger partial charge in [-0.1, -0.05) is 24.3 Å². The fourth-order valence-corrected chi connectivity index (χ4v) is 4.29. The molecule has 1 saturated heterocycles. The van der Waals surface area contributed by atoms with Crippen molar-refractivity contribution in [1.82, 2.24) is 19.8 Å². The molecule has 1 aliphatic rings. The van der Waals surface area contributed by atoms with Gasteiger partial charge >= 0.3 is 0 Å². The molecule has 2 N–H and O–H groups in total. The standard InChI is InChI=1S/C23H25N5OS/c1-17-6-8-19(30-17)5-3-2-4-10-27-11-12-28(22(29)15-27)14-18-7-9-20-21(13-18)25-16-26-23(20)24/h2-9,13,16H,10-12,14-15H2,1H3,(H2,24,25,26)/b4-2+,5-3+. The highest BCUT2D eigenvalue weighted by molar-refractivity contribution is 7.12. The molecule has 1 fully saturated rings. The van der Waals surface area contributed by atoms with Gasteiger partial charge in [0.15, 0.2) is 0 Å². The fourth-order valence-electron chi connectivity index (χ4n) is 3.50. The van der Waals surface area contributed by atoms with Crippen molar-refractivity contribution in [2.75, 3.05) is 31.9 Å². The number of nitrogen functional groups attached to an aromatic ring is 1. The van der Waals surface area contributed by atoms with E-state index in [9.17, 15) is 4.79 Å². The second-order valence-corrected chi connectivity index (χ2v) is 8.72. The number of aryl methyl sites for hydroxylation is 1. The molecular weight excluding hydrogens is 394 g/mol. The highest BCUT2D eigenvalue weighted by Crippen LogP contribution is 2.19. The lowest BCUT2D eigenvalue weighted by Gasteiger charge is -2.33. The maximum atomic E-state index is 12.6. The molecule has 0 spiro atoms. The van der Waals surface area contributed by atoms with Crippen molar-refractivity contribution in [2.45, 2.75) is 13.5 Å². The van der Waals surface area contributed by atoms with Crippen LogP contribution in [0.1, 0.15) is 15.3 Å². The van der Waals surface area contributed by atoms with Gasteiger partial charge in [0.25, 0.3) is 0 Å². The van der Waals surface area contributed by atoms with Crippen molar-refractivity contribution in [3.63, 3.8) is 0 Å².